The minimum atomic E-state index is -3.60. The van der Waals surface area contributed by atoms with E-state index in [0.717, 1.165) is 5.56 Å². The smallest absolute Gasteiger partial charge is 0.250 e. The first kappa shape index (κ1) is 19.5. The lowest BCUT2D eigenvalue weighted by Gasteiger charge is -2.26. The topological polar surface area (TPSA) is 84.9 Å². The number of hydrogen-bond acceptors (Lipinski definition) is 5. The number of carbonyl (C=O) groups is 1. The minimum Gasteiger partial charge on any atom is -0.379 e. The van der Waals surface area contributed by atoms with Gasteiger partial charge in [-0.1, -0.05) is 36.4 Å². The maximum Gasteiger partial charge on any atom is 0.250 e. The third-order valence-electron chi connectivity index (χ3n) is 4.07. The van der Waals surface area contributed by atoms with Crippen LogP contribution in [-0.4, -0.2) is 51.5 Å². The normalized spacial score (nSPS) is 15.4. The number of rotatable bonds is 7. The Kier molecular flexibility index (Phi) is 6.57. The molecule has 0 bridgehead atoms. The molecule has 1 heterocycles. The molecule has 8 heteroatoms. The van der Waals surface area contributed by atoms with Crippen molar-refractivity contribution in [3.63, 3.8) is 0 Å². The number of carbonyl (C=O) groups excluding carboxylic acids is 1. The molecule has 1 aliphatic heterocycles. The van der Waals surface area contributed by atoms with Gasteiger partial charge in [-0.15, -0.1) is 0 Å². The van der Waals surface area contributed by atoms with Crippen LogP contribution in [0.2, 0.25) is 0 Å². The molecule has 1 aliphatic rings. The van der Waals surface area contributed by atoms with E-state index >= 15 is 0 Å². The lowest BCUT2D eigenvalue weighted by atomic mass is 10.2. The number of hydrogen-bond donors (Lipinski definition) is 1. The van der Waals surface area contributed by atoms with Crippen LogP contribution < -0.4 is 5.32 Å². The van der Waals surface area contributed by atoms with Crippen LogP contribution in [0.15, 0.2) is 59.5 Å². The van der Waals surface area contributed by atoms with E-state index in [4.69, 9.17) is 9.47 Å². The van der Waals surface area contributed by atoms with Crippen LogP contribution >= 0.6 is 0 Å². The molecule has 0 atom stereocenters. The lowest BCUT2D eigenvalue weighted by molar-refractivity contribution is -0.121. The van der Waals surface area contributed by atoms with Crippen LogP contribution in [0.1, 0.15) is 5.56 Å². The van der Waals surface area contributed by atoms with E-state index in [9.17, 15) is 13.2 Å². The maximum atomic E-state index is 12.7. The summed E-state index contributed by atoms with van der Waals surface area (Å²) in [4.78, 5) is 12.2. The molecule has 2 aromatic carbocycles. The van der Waals surface area contributed by atoms with Crippen LogP contribution in [0.25, 0.3) is 0 Å². The van der Waals surface area contributed by atoms with E-state index in [2.05, 4.69) is 5.32 Å². The van der Waals surface area contributed by atoms with Crippen molar-refractivity contribution >= 4 is 21.6 Å². The second-order valence-corrected chi connectivity index (χ2v) is 8.01. The van der Waals surface area contributed by atoms with Gasteiger partial charge in [0.2, 0.25) is 15.9 Å². The standard InChI is InChI=1S/C19H22N2O5S/c22-19(15-26-14-16-5-2-1-3-6-16)20-17-7-4-8-18(13-17)27(23,24)21-9-11-25-12-10-21/h1-8,13H,9-12,14-15H2,(H,20,22). The Labute approximate surface area is 158 Å². The summed E-state index contributed by atoms with van der Waals surface area (Å²) in [5.41, 5.74) is 1.39. The summed E-state index contributed by atoms with van der Waals surface area (Å²) in [5.74, 6) is -0.341. The number of amides is 1. The van der Waals surface area contributed by atoms with Crippen molar-refractivity contribution in [2.45, 2.75) is 11.5 Å². The van der Waals surface area contributed by atoms with Gasteiger partial charge in [-0.25, -0.2) is 8.42 Å². The molecule has 1 amide bonds. The third kappa shape index (κ3) is 5.36. The fraction of sp³-hybridized carbons (Fsp3) is 0.316. The Morgan fingerprint density at radius 3 is 2.56 bits per heavy atom. The van der Waals surface area contributed by atoms with Crippen molar-refractivity contribution in [1.82, 2.24) is 4.31 Å². The minimum absolute atomic E-state index is 0.116. The van der Waals surface area contributed by atoms with Crippen molar-refractivity contribution in [2.24, 2.45) is 0 Å². The van der Waals surface area contributed by atoms with Crippen LogP contribution in [0, 0.1) is 0 Å². The van der Waals surface area contributed by atoms with Crippen molar-refractivity contribution in [3.05, 3.63) is 60.2 Å². The zero-order valence-corrected chi connectivity index (χ0v) is 15.7. The van der Waals surface area contributed by atoms with Gasteiger partial charge in [-0.2, -0.15) is 4.31 Å². The van der Waals surface area contributed by atoms with Gasteiger partial charge in [0, 0.05) is 18.8 Å². The highest BCUT2D eigenvalue weighted by atomic mass is 32.2. The Balaban J connectivity index is 1.57. The predicted octanol–water partition coefficient (Wildman–Crippen LogP) is 1.86. The molecular formula is C19H22N2O5S. The average Bonchev–Trinajstić information content (AvgIpc) is 2.70. The summed E-state index contributed by atoms with van der Waals surface area (Å²) < 4.78 is 37.4. The molecule has 0 unspecified atom stereocenters. The van der Waals surface area contributed by atoms with E-state index < -0.39 is 10.0 Å². The van der Waals surface area contributed by atoms with Crippen molar-refractivity contribution in [2.75, 3.05) is 38.2 Å². The Morgan fingerprint density at radius 2 is 1.81 bits per heavy atom. The summed E-state index contributed by atoms with van der Waals surface area (Å²) in [5, 5.41) is 2.67. The predicted molar refractivity (Wildman–Crippen MR) is 101 cm³/mol. The Hall–Kier alpha value is -2.26. The highest BCUT2D eigenvalue weighted by Gasteiger charge is 2.26. The summed E-state index contributed by atoms with van der Waals surface area (Å²) in [6.45, 7) is 1.64. The molecule has 0 spiro atoms. The fourth-order valence-corrected chi connectivity index (χ4v) is 4.16. The van der Waals surface area contributed by atoms with Gasteiger partial charge >= 0.3 is 0 Å². The number of ether oxygens (including phenoxy) is 2. The SMILES string of the molecule is O=C(COCc1ccccc1)Nc1cccc(S(=O)(=O)N2CCOCC2)c1. The van der Waals surface area contributed by atoms with E-state index in [0.29, 0.717) is 38.6 Å². The van der Waals surface area contributed by atoms with E-state index in [-0.39, 0.29) is 17.4 Å². The van der Waals surface area contributed by atoms with Crippen molar-refractivity contribution in [1.29, 1.82) is 0 Å². The molecule has 0 aromatic heterocycles. The highest BCUT2D eigenvalue weighted by molar-refractivity contribution is 7.89. The van der Waals surface area contributed by atoms with Gasteiger partial charge in [-0.05, 0) is 23.8 Å². The van der Waals surface area contributed by atoms with Crippen LogP contribution in [-0.2, 0) is 30.9 Å². The maximum absolute atomic E-state index is 12.7. The van der Waals surface area contributed by atoms with Gasteiger partial charge in [0.1, 0.15) is 6.61 Å². The number of morpholine rings is 1. The first-order valence-electron chi connectivity index (χ1n) is 8.65. The molecule has 2 aromatic rings. The largest absolute Gasteiger partial charge is 0.379 e. The molecule has 1 N–H and O–H groups in total. The van der Waals surface area contributed by atoms with Gasteiger partial charge in [0.05, 0.1) is 24.7 Å². The molecule has 27 heavy (non-hydrogen) atoms. The zero-order chi connectivity index (χ0) is 19.1. The first-order valence-corrected chi connectivity index (χ1v) is 10.1. The second kappa shape index (κ2) is 9.09. The lowest BCUT2D eigenvalue weighted by Crippen LogP contribution is -2.40. The quantitative estimate of drug-likeness (QED) is 0.780. The number of benzene rings is 2. The van der Waals surface area contributed by atoms with Crippen molar-refractivity contribution in [3.8, 4) is 0 Å². The number of nitrogens with zero attached hydrogens (tertiary/aromatic N) is 1. The molecule has 7 nitrogen and oxygen atoms in total. The summed E-state index contributed by atoms with van der Waals surface area (Å²) in [7, 11) is -3.60. The molecule has 0 saturated carbocycles. The van der Waals surface area contributed by atoms with E-state index in [1.165, 1.54) is 16.4 Å². The van der Waals surface area contributed by atoms with Crippen molar-refractivity contribution < 1.29 is 22.7 Å². The number of nitrogens with one attached hydrogen (secondary N) is 1. The summed E-state index contributed by atoms with van der Waals surface area (Å²) in [6, 6.07) is 15.8. The summed E-state index contributed by atoms with van der Waals surface area (Å²) in [6.07, 6.45) is 0. The second-order valence-electron chi connectivity index (χ2n) is 6.07. The molecule has 144 valence electrons. The molecule has 1 saturated heterocycles. The van der Waals surface area contributed by atoms with Crippen LogP contribution in [0.4, 0.5) is 5.69 Å². The van der Waals surface area contributed by atoms with Gasteiger partial charge in [-0.3, -0.25) is 4.79 Å². The highest BCUT2D eigenvalue weighted by Crippen LogP contribution is 2.20. The summed E-state index contributed by atoms with van der Waals surface area (Å²) >= 11 is 0. The van der Waals surface area contributed by atoms with Gasteiger partial charge < -0.3 is 14.8 Å². The zero-order valence-electron chi connectivity index (χ0n) is 14.8. The van der Waals surface area contributed by atoms with Crippen LogP contribution in [0.5, 0.6) is 0 Å². The van der Waals surface area contributed by atoms with Crippen LogP contribution in [0.3, 0.4) is 0 Å². The Bertz CT molecular complexity index is 865. The molecule has 3 rings (SSSR count). The van der Waals surface area contributed by atoms with E-state index in [1.807, 2.05) is 30.3 Å². The molecule has 0 aliphatic carbocycles. The molecular weight excluding hydrogens is 368 g/mol. The van der Waals surface area contributed by atoms with E-state index in [1.54, 1.807) is 12.1 Å². The average molecular weight is 390 g/mol. The Morgan fingerprint density at radius 1 is 1.07 bits per heavy atom. The van der Waals surface area contributed by atoms with Gasteiger partial charge in [0.25, 0.3) is 0 Å². The third-order valence-corrected chi connectivity index (χ3v) is 5.96. The fourth-order valence-electron chi connectivity index (χ4n) is 2.70. The monoisotopic (exact) mass is 390 g/mol. The number of anilines is 1. The van der Waals surface area contributed by atoms with Gasteiger partial charge in [0.15, 0.2) is 0 Å². The first-order chi connectivity index (χ1) is 13.1. The number of sulfonamides is 1. The molecule has 0 radical (unpaired) electrons. The molecule has 1 fully saturated rings.